The number of cyclic esters (lactones) is 2. The molecule has 2 unspecified atom stereocenters. The van der Waals surface area contributed by atoms with Gasteiger partial charge in [-0.15, -0.1) is 0 Å². The zero-order valence-electron chi connectivity index (χ0n) is 11.5. The first-order valence-corrected chi connectivity index (χ1v) is 7.91. The fourth-order valence-corrected chi connectivity index (χ4v) is 3.17. The van der Waals surface area contributed by atoms with Crippen LogP contribution in [0.15, 0.2) is 30.3 Å². The van der Waals surface area contributed by atoms with Crippen LogP contribution < -0.4 is 0 Å². The molecule has 0 amide bonds. The lowest BCUT2D eigenvalue weighted by molar-refractivity contribution is 0.0182. The molecule has 2 aromatic carbocycles. The van der Waals surface area contributed by atoms with Crippen molar-refractivity contribution >= 4 is 38.6 Å². The van der Waals surface area contributed by atoms with Crippen LogP contribution in [0.3, 0.4) is 0 Å². The number of benzene rings is 2. The highest BCUT2D eigenvalue weighted by molar-refractivity contribution is 9.09. The monoisotopic (exact) mass is 364 g/mol. The van der Waals surface area contributed by atoms with Crippen molar-refractivity contribution in [1.29, 1.82) is 0 Å². The summed E-state index contributed by atoms with van der Waals surface area (Å²) in [6, 6.07) is 8.05. The Morgan fingerprint density at radius 3 is 2.41 bits per heavy atom. The molecule has 2 aromatic rings. The molecule has 0 aromatic heterocycles. The summed E-state index contributed by atoms with van der Waals surface area (Å²) in [5.41, 5.74) is 1.06. The van der Waals surface area contributed by atoms with Gasteiger partial charge in [-0.05, 0) is 29.5 Å². The first-order chi connectivity index (χ1) is 10.5. The van der Waals surface area contributed by atoms with Gasteiger partial charge in [0.05, 0.1) is 17.2 Å². The second-order valence-electron chi connectivity index (χ2n) is 5.10. The maximum atomic E-state index is 11.8. The van der Waals surface area contributed by atoms with Gasteiger partial charge >= 0.3 is 11.9 Å². The standard InChI is InChI=1S/C16H13BrO5/c17-7-6-12(18)14(19)9-4-5-11-13-8(9)2-1-3-10(13)15(20)22-16(11)21/h1-5,12,14,18-19H,6-7H2. The van der Waals surface area contributed by atoms with Crippen LogP contribution in [0.2, 0.25) is 0 Å². The number of carbonyl (C=O) groups excluding carboxylic acids is 2. The van der Waals surface area contributed by atoms with E-state index in [2.05, 4.69) is 15.9 Å². The SMILES string of the molecule is O=C1OC(=O)c2ccc(C(O)C(O)CCBr)c3cccc1c23. The Bertz CT molecular complexity index is 750. The molecule has 0 saturated heterocycles. The molecule has 2 atom stereocenters. The van der Waals surface area contributed by atoms with Gasteiger partial charge in [-0.1, -0.05) is 34.1 Å². The van der Waals surface area contributed by atoms with Gasteiger partial charge in [-0.25, -0.2) is 9.59 Å². The number of carbonyl (C=O) groups is 2. The Morgan fingerprint density at radius 1 is 1.05 bits per heavy atom. The summed E-state index contributed by atoms with van der Waals surface area (Å²) in [5.74, 6) is -1.40. The van der Waals surface area contributed by atoms with Crippen LogP contribution in [-0.2, 0) is 4.74 Å². The van der Waals surface area contributed by atoms with E-state index >= 15 is 0 Å². The van der Waals surface area contributed by atoms with E-state index < -0.39 is 24.1 Å². The third-order valence-electron chi connectivity index (χ3n) is 3.79. The number of rotatable bonds is 4. The smallest absolute Gasteiger partial charge is 0.346 e. The fraction of sp³-hybridized carbons (Fsp3) is 0.250. The quantitative estimate of drug-likeness (QED) is 0.494. The van der Waals surface area contributed by atoms with Gasteiger partial charge in [0.15, 0.2) is 0 Å². The van der Waals surface area contributed by atoms with Crippen molar-refractivity contribution in [2.75, 3.05) is 5.33 Å². The number of alkyl halides is 1. The van der Waals surface area contributed by atoms with Crippen molar-refractivity contribution in [2.45, 2.75) is 18.6 Å². The van der Waals surface area contributed by atoms with Crippen LogP contribution in [-0.4, -0.2) is 33.6 Å². The molecule has 1 heterocycles. The molecule has 3 rings (SSSR count). The molecule has 5 nitrogen and oxygen atoms in total. The summed E-state index contributed by atoms with van der Waals surface area (Å²) in [6.45, 7) is 0. The van der Waals surface area contributed by atoms with Crippen LogP contribution in [0, 0.1) is 0 Å². The first-order valence-electron chi connectivity index (χ1n) is 6.79. The first kappa shape index (κ1) is 15.1. The molecule has 1 aliphatic heterocycles. The minimum absolute atomic E-state index is 0.288. The lowest BCUT2D eigenvalue weighted by atomic mass is 9.90. The second-order valence-corrected chi connectivity index (χ2v) is 5.89. The van der Waals surface area contributed by atoms with Crippen LogP contribution in [0.25, 0.3) is 10.8 Å². The van der Waals surface area contributed by atoms with E-state index in [1.54, 1.807) is 24.3 Å². The van der Waals surface area contributed by atoms with E-state index in [0.29, 0.717) is 28.1 Å². The summed E-state index contributed by atoms with van der Waals surface area (Å²) in [4.78, 5) is 23.7. The number of aliphatic hydroxyl groups excluding tert-OH is 2. The predicted molar refractivity (Wildman–Crippen MR) is 83.1 cm³/mol. The lowest BCUT2D eigenvalue weighted by Gasteiger charge is -2.22. The van der Waals surface area contributed by atoms with E-state index in [0.717, 1.165) is 0 Å². The highest BCUT2D eigenvalue weighted by atomic mass is 79.9. The summed E-state index contributed by atoms with van der Waals surface area (Å²) in [5, 5.41) is 21.9. The fourth-order valence-electron chi connectivity index (χ4n) is 2.70. The molecule has 6 heteroatoms. The molecule has 0 radical (unpaired) electrons. The number of halogens is 1. The molecule has 0 saturated carbocycles. The Morgan fingerprint density at radius 2 is 1.73 bits per heavy atom. The number of esters is 2. The van der Waals surface area contributed by atoms with Gasteiger partial charge in [0, 0.05) is 10.7 Å². The third kappa shape index (κ3) is 2.33. The zero-order chi connectivity index (χ0) is 15.9. The molecule has 22 heavy (non-hydrogen) atoms. The maximum absolute atomic E-state index is 11.8. The normalized spacial score (nSPS) is 16.5. The van der Waals surface area contributed by atoms with E-state index in [1.807, 2.05) is 0 Å². The number of aliphatic hydroxyl groups is 2. The Labute approximate surface area is 134 Å². The maximum Gasteiger partial charge on any atom is 0.346 e. The molecule has 114 valence electrons. The van der Waals surface area contributed by atoms with E-state index in [4.69, 9.17) is 4.74 Å². The average molecular weight is 365 g/mol. The molecule has 0 spiro atoms. The summed E-state index contributed by atoms with van der Waals surface area (Å²) >= 11 is 3.22. The van der Waals surface area contributed by atoms with E-state index in [1.165, 1.54) is 6.07 Å². The molecule has 0 bridgehead atoms. The molecule has 1 aliphatic rings. The minimum atomic E-state index is -1.10. The van der Waals surface area contributed by atoms with Crippen molar-refractivity contribution in [3.05, 3.63) is 47.0 Å². The van der Waals surface area contributed by atoms with Crippen LogP contribution >= 0.6 is 15.9 Å². The number of ether oxygens (including phenoxy) is 1. The molecular weight excluding hydrogens is 352 g/mol. The van der Waals surface area contributed by atoms with Crippen LogP contribution in [0.4, 0.5) is 0 Å². The second kappa shape index (κ2) is 5.79. The van der Waals surface area contributed by atoms with E-state index in [-0.39, 0.29) is 11.1 Å². The van der Waals surface area contributed by atoms with Gasteiger partial charge in [0.25, 0.3) is 0 Å². The van der Waals surface area contributed by atoms with Crippen molar-refractivity contribution < 1.29 is 24.5 Å². The molecule has 0 fully saturated rings. The van der Waals surface area contributed by atoms with Crippen molar-refractivity contribution in [1.82, 2.24) is 0 Å². The van der Waals surface area contributed by atoms with Gasteiger partial charge in [-0.3, -0.25) is 0 Å². The highest BCUT2D eigenvalue weighted by Gasteiger charge is 2.29. The lowest BCUT2D eigenvalue weighted by Crippen LogP contribution is -2.22. The molecule has 0 aliphatic carbocycles. The van der Waals surface area contributed by atoms with Crippen LogP contribution in [0.5, 0.6) is 0 Å². The number of hydrogen-bond acceptors (Lipinski definition) is 5. The summed E-state index contributed by atoms with van der Waals surface area (Å²) in [7, 11) is 0. The van der Waals surface area contributed by atoms with Gasteiger partial charge in [-0.2, -0.15) is 0 Å². The minimum Gasteiger partial charge on any atom is -0.390 e. The highest BCUT2D eigenvalue weighted by Crippen LogP contribution is 2.34. The van der Waals surface area contributed by atoms with E-state index in [9.17, 15) is 19.8 Å². The third-order valence-corrected chi connectivity index (χ3v) is 4.25. The Kier molecular flexibility index (Phi) is 3.99. The van der Waals surface area contributed by atoms with Crippen molar-refractivity contribution in [2.24, 2.45) is 0 Å². The molecular formula is C16H13BrO5. The van der Waals surface area contributed by atoms with Crippen molar-refractivity contribution in [3.63, 3.8) is 0 Å². The molecule has 2 N–H and O–H groups in total. The Hall–Kier alpha value is -1.76. The van der Waals surface area contributed by atoms with Gasteiger partial charge in [0.1, 0.15) is 6.10 Å². The van der Waals surface area contributed by atoms with Crippen molar-refractivity contribution in [3.8, 4) is 0 Å². The summed E-state index contributed by atoms with van der Waals surface area (Å²) in [6.07, 6.45) is -1.66. The van der Waals surface area contributed by atoms with Crippen LogP contribution in [0.1, 0.15) is 38.8 Å². The zero-order valence-corrected chi connectivity index (χ0v) is 13.0. The predicted octanol–water partition coefficient (Wildman–Crippen LogP) is 2.33. The largest absolute Gasteiger partial charge is 0.390 e. The van der Waals surface area contributed by atoms with Gasteiger partial charge in [0.2, 0.25) is 0 Å². The average Bonchev–Trinajstić information content (AvgIpc) is 2.51. The topological polar surface area (TPSA) is 83.8 Å². The number of hydrogen-bond donors (Lipinski definition) is 2. The van der Waals surface area contributed by atoms with Gasteiger partial charge < -0.3 is 14.9 Å². The Balaban J connectivity index is 2.22. The summed E-state index contributed by atoms with van der Waals surface area (Å²) < 4.78 is 4.69.